The zero-order valence-corrected chi connectivity index (χ0v) is 10.5. The Morgan fingerprint density at radius 3 is 2.95 bits per heavy atom. The number of hydrogen-bond donors (Lipinski definition) is 3. The molecule has 0 radical (unpaired) electrons. The highest BCUT2D eigenvalue weighted by molar-refractivity contribution is 5.86. The molecule has 100 valence electrons. The van der Waals surface area contributed by atoms with Crippen LogP contribution in [0.25, 0.3) is 0 Å². The molecule has 4 N–H and O–H groups in total. The van der Waals surface area contributed by atoms with Crippen molar-refractivity contribution in [1.29, 1.82) is 0 Å². The average molecular weight is 261 g/mol. The lowest BCUT2D eigenvalue weighted by atomic mass is 10.2. The Kier molecular flexibility index (Phi) is 3.65. The van der Waals surface area contributed by atoms with Crippen LogP contribution in [0.4, 0.5) is 11.5 Å². The third-order valence-corrected chi connectivity index (χ3v) is 2.61. The molecule has 0 aliphatic heterocycles. The van der Waals surface area contributed by atoms with Gasteiger partial charge in [-0.15, -0.1) is 0 Å². The third-order valence-electron chi connectivity index (χ3n) is 2.61. The normalized spacial score (nSPS) is 10.4. The van der Waals surface area contributed by atoms with Gasteiger partial charge in [0.15, 0.2) is 5.69 Å². The van der Waals surface area contributed by atoms with Crippen LogP contribution in [-0.4, -0.2) is 32.4 Å². The van der Waals surface area contributed by atoms with E-state index in [9.17, 15) is 4.79 Å². The fourth-order valence-electron chi connectivity index (χ4n) is 1.66. The molecule has 19 heavy (non-hydrogen) atoms. The predicted octanol–water partition coefficient (Wildman–Crippen LogP) is 0.750. The van der Waals surface area contributed by atoms with Crippen molar-refractivity contribution in [3.8, 4) is 0 Å². The first kappa shape index (κ1) is 12.9. The number of nitrogens with one attached hydrogen (secondary N) is 1. The molecule has 2 aromatic rings. The molecule has 0 atom stereocenters. The fraction of sp³-hybridized carbons (Fsp3) is 0.250. The number of carboxylic acid groups (broad SMARTS) is 1. The smallest absolute Gasteiger partial charge is 0.354 e. The highest BCUT2D eigenvalue weighted by Crippen LogP contribution is 2.15. The lowest BCUT2D eigenvalue weighted by molar-refractivity contribution is 0.0690. The fourth-order valence-corrected chi connectivity index (χ4v) is 1.66. The summed E-state index contributed by atoms with van der Waals surface area (Å²) in [5.74, 6) is -0.681. The molecule has 2 heterocycles. The summed E-state index contributed by atoms with van der Waals surface area (Å²) in [4.78, 5) is 14.8. The lowest BCUT2D eigenvalue weighted by Gasteiger charge is -2.08. The van der Waals surface area contributed by atoms with Crippen molar-refractivity contribution >= 4 is 17.5 Å². The third kappa shape index (κ3) is 3.21. The van der Waals surface area contributed by atoms with Gasteiger partial charge in [-0.2, -0.15) is 5.10 Å². The number of aromatic carboxylic acids is 1. The quantitative estimate of drug-likeness (QED) is 0.733. The Labute approximate surface area is 110 Å². The number of aromatic nitrogens is 3. The predicted molar refractivity (Wildman–Crippen MR) is 71.0 cm³/mol. The maximum atomic E-state index is 10.8. The molecular formula is C12H15N5O2. The molecule has 0 amide bonds. The first-order valence-corrected chi connectivity index (χ1v) is 5.77. The molecule has 2 aromatic heterocycles. The standard InChI is InChI=1S/C12H15N5O2/c1-17-7-8(6-15-17)4-5-14-11-9(13)2-3-10(16-11)12(18)19/h2-3,6-7H,4-5,13H2,1H3,(H,14,16)(H,18,19). The Balaban J connectivity index is 1.99. The summed E-state index contributed by atoms with van der Waals surface area (Å²) in [6.45, 7) is 0.603. The van der Waals surface area contributed by atoms with E-state index in [1.165, 1.54) is 12.1 Å². The number of nitrogen functional groups attached to an aromatic ring is 1. The molecule has 0 fully saturated rings. The Morgan fingerprint density at radius 2 is 2.32 bits per heavy atom. The maximum absolute atomic E-state index is 10.8. The monoisotopic (exact) mass is 261 g/mol. The zero-order chi connectivity index (χ0) is 13.8. The van der Waals surface area contributed by atoms with Crippen molar-refractivity contribution in [3.63, 3.8) is 0 Å². The van der Waals surface area contributed by atoms with Crippen molar-refractivity contribution in [2.75, 3.05) is 17.6 Å². The minimum absolute atomic E-state index is 0.0296. The van der Waals surface area contributed by atoms with Crippen LogP contribution in [-0.2, 0) is 13.5 Å². The van der Waals surface area contributed by atoms with E-state index in [-0.39, 0.29) is 5.69 Å². The minimum atomic E-state index is -1.07. The molecule has 0 saturated carbocycles. The molecule has 7 heteroatoms. The number of aryl methyl sites for hydroxylation is 1. The van der Waals surface area contributed by atoms with E-state index < -0.39 is 5.97 Å². The summed E-state index contributed by atoms with van der Waals surface area (Å²) < 4.78 is 1.73. The highest BCUT2D eigenvalue weighted by Gasteiger charge is 2.08. The van der Waals surface area contributed by atoms with Gasteiger partial charge >= 0.3 is 5.97 Å². The number of pyridine rings is 1. The van der Waals surface area contributed by atoms with E-state index >= 15 is 0 Å². The molecule has 0 aliphatic carbocycles. The summed E-state index contributed by atoms with van der Waals surface area (Å²) >= 11 is 0. The lowest BCUT2D eigenvalue weighted by Crippen LogP contribution is -2.11. The second-order valence-corrected chi connectivity index (χ2v) is 4.14. The Bertz CT molecular complexity index is 594. The van der Waals surface area contributed by atoms with Gasteiger partial charge in [0.05, 0.1) is 11.9 Å². The van der Waals surface area contributed by atoms with Crippen molar-refractivity contribution < 1.29 is 9.90 Å². The number of carbonyl (C=O) groups is 1. The van der Waals surface area contributed by atoms with Gasteiger partial charge in [-0.05, 0) is 24.1 Å². The molecule has 0 aromatic carbocycles. The molecule has 0 saturated heterocycles. The SMILES string of the molecule is Cn1cc(CCNc2nc(C(=O)O)ccc2N)cn1. The van der Waals surface area contributed by atoms with Gasteiger partial charge in [-0.3, -0.25) is 4.68 Å². The van der Waals surface area contributed by atoms with E-state index in [1.807, 2.05) is 13.2 Å². The van der Waals surface area contributed by atoms with E-state index in [0.717, 1.165) is 12.0 Å². The van der Waals surface area contributed by atoms with Crippen LogP contribution in [0.5, 0.6) is 0 Å². The topological polar surface area (TPSA) is 106 Å². The second-order valence-electron chi connectivity index (χ2n) is 4.14. The van der Waals surface area contributed by atoms with E-state index in [0.29, 0.717) is 18.1 Å². The number of anilines is 2. The number of rotatable bonds is 5. The Morgan fingerprint density at radius 1 is 1.53 bits per heavy atom. The molecule has 0 aliphatic rings. The van der Waals surface area contributed by atoms with E-state index in [4.69, 9.17) is 10.8 Å². The molecule has 7 nitrogen and oxygen atoms in total. The van der Waals surface area contributed by atoms with Gasteiger partial charge in [0.25, 0.3) is 0 Å². The molecule has 0 spiro atoms. The van der Waals surface area contributed by atoms with E-state index in [1.54, 1.807) is 10.9 Å². The van der Waals surface area contributed by atoms with Gasteiger partial charge in [0, 0.05) is 19.8 Å². The molecule has 0 unspecified atom stereocenters. The van der Waals surface area contributed by atoms with Crippen LogP contribution in [0.1, 0.15) is 16.1 Å². The first-order chi connectivity index (χ1) is 9.06. The van der Waals surface area contributed by atoms with Crippen LogP contribution < -0.4 is 11.1 Å². The summed E-state index contributed by atoms with van der Waals surface area (Å²) in [5.41, 5.74) is 7.22. The molecule has 2 rings (SSSR count). The van der Waals surface area contributed by atoms with Crippen LogP contribution in [0.2, 0.25) is 0 Å². The molecule has 0 bridgehead atoms. The van der Waals surface area contributed by atoms with Gasteiger partial charge in [0.1, 0.15) is 5.82 Å². The first-order valence-electron chi connectivity index (χ1n) is 5.77. The number of carboxylic acids is 1. The van der Waals surface area contributed by atoms with Gasteiger partial charge in [-0.1, -0.05) is 0 Å². The number of nitrogens with zero attached hydrogens (tertiary/aromatic N) is 3. The van der Waals surface area contributed by atoms with Crippen molar-refractivity contribution in [1.82, 2.24) is 14.8 Å². The molecular weight excluding hydrogens is 246 g/mol. The van der Waals surface area contributed by atoms with Crippen LogP contribution >= 0.6 is 0 Å². The van der Waals surface area contributed by atoms with Crippen molar-refractivity contribution in [2.45, 2.75) is 6.42 Å². The summed E-state index contributed by atoms with van der Waals surface area (Å²) in [5, 5.41) is 16.0. The van der Waals surface area contributed by atoms with Crippen LogP contribution in [0, 0.1) is 0 Å². The second kappa shape index (κ2) is 5.38. The largest absolute Gasteiger partial charge is 0.477 e. The van der Waals surface area contributed by atoms with Crippen LogP contribution in [0.15, 0.2) is 24.5 Å². The summed E-state index contributed by atoms with van der Waals surface area (Å²) in [6, 6.07) is 2.91. The van der Waals surface area contributed by atoms with Crippen LogP contribution in [0.3, 0.4) is 0 Å². The number of nitrogens with two attached hydrogens (primary N) is 1. The highest BCUT2D eigenvalue weighted by atomic mass is 16.4. The summed E-state index contributed by atoms with van der Waals surface area (Å²) in [7, 11) is 1.85. The number of hydrogen-bond acceptors (Lipinski definition) is 5. The van der Waals surface area contributed by atoms with E-state index in [2.05, 4.69) is 15.4 Å². The zero-order valence-electron chi connectivity index (χ0n) is 10.5. The Hall–Kier alpha value is -2.57. The van der Waals surface area contributed by atoms with Gasteiger partial charge in [-0.25, -0.2) is 9.78 Å². The van der Waals surface area contributed by atoms with Crippen molar-refractivity contribution in [2.24, 2.45) is 7.05 Å². The minimum Gasteiger partial charge on any atom is -0.477 e. The average Bonchev–Trinajstić information content (AvgIpc) is 2.77. The maximum Gasteiger partial charge on any atom is 0.354 e. The summed E-state index contributed by atoms with van der Waals surface area (Å²) in [6.07, 6.45) is 4.46. The van der Waals surface area contributed by atoms with Gasteiger partial charge < -0.3 is 16.2 Å². The van der Waals surface area contributed by atoms with Crippen molar-refractivity contribution in [3.05, 3.63) is 35.8 Å². The van der Waals surface area contributed by atoms with Gasteiger partial charge in [0.2, 0.25) is 0 Å².